The van der Waals surface area contributed by atoms with Crippen LogP contribution in [-0.4, -0.2) is 28.2 Å². The van der Waals surface area contributed by atoms with Gasteiger partial charge in [-0.15, -0.1) is 5.10 Å². The van der Waals surface area contributed by atoms with E-state index in [1.165, 1.54) is 0 Å². The fraction of sp³-hybridized carbons (Fsp3) is 0.333. The van der Waals surface area contributed by atoms with Crippen LogP contribution in [0.2, 0.25) is 0 Å². The van der Waals surface area contributed by atoms with E-state index in [1.54, 1.807) is 18.0 Å². The molecule has 90 valence electrons. The van der Waals surface area contributed by atoms with Gasteiger partial charge in [-0.3, -0.25) is 0 Å². The van der Waals surface area contributed by atoms with Crippen molar-refractivity contribution in [1.82, 2.24) is 15.0 Å². The molecule has 1 aromatic heterocycles. The Labute approximate surface area is 100 Å². The summed E-state index contributed by atoms with van der Waals surface area (Å²) in [7, 11) is 1.64. The molecule has 0 radical (unpaired) electrons. The highest BCUT2D eigenvalue weighted by atomic mass is 16.5. The number of nitrogens with two attached hydrogens (primary N) is 1. The van der Waals surface area contributed by atoms with E-state index < -0.39 is 0 Å². The first-order chi connectivity index (χ1) is 8.24. The van der Waals surface area contributed by atoms with E-state index in [2.05, 4.69) is 10.3 Å². The Balaban J connectivity index is 2.35. The van der Waals surface area contributed by atoms with Gasteiger partial charge in [-0.2, -0.15) is 0 Å². The van der Waals surface area contributed by atoms with E-state index in [0.717, 1.165) is 11.4 Å². The van der Waals surface area contributed by atoms with Crippen LogP contribution in [0.1, 0.15) is 18.7 Å². The van der Waals surface area contributed by atoms with Crippen LogP contribution >= 0.6 is 0 Å². The van der Waals surface area contributed by atoms with Crippen molar-refractivity contribution in [3.8, 4) is 5.69 Å². The van der Waals surface area contributed by atoms with Gasteiger partial charge in [0.15, 0.2) is 0 Å². The molecule has 0 bridgehead atoms. The Kier molecular flexibility index (Phi) is 3.51. The van der Waals surface area contributed by atoms with Gasteiger partial charge < -0.3 is 10.5 Å². The van der Waals surface area contributed by atoms with Crippen LogP contribution in [0.3, 0.4) is 0 Å². The number of hydrogen-bond acceptors (Lipinski definition) is 4. The topological polar surface area (TPSA) is 66.0 Å². The molecular formula is C12H16N4O. The number of benzene rings is 1. The average Bonchev–Trinajstić information content (AvgIpc) is 2.87. The summed E-state index contributed by atoms with van der Waals surface area (Å²) in [5.74, 6) is 0. The molecule has 5 nitrogen and oxygen atoms in total. The molecule has 0 fully saturated rings. The van der Waals surface area contributed by atoms with Gasteiger partial charge >= 0.3 is 0 Å². The standard InChI is InChI=1S/C12H16N4O/c1-9(17-2)12(13)11-8-14-15-16(11)10-6-4-3-5-7-10/h3-9,12H,13H2,1-2H3. The van der Waals surface area contributed by atoms with Gasteiger partial charge in [0, 0.05) is 7.11 Å². The minimum absolute atomic E-state index is 0.0871. The van der Waals surface area contributed by atoms with E-state index in [9.17, 15) is 0 Å². The van der Waals surface area contributed by atoms with Gasteiger partial charge in [-0.1, -0.05) is 23.4 Å². The molecule has 2 unspecified atom stereocenters. The number of nitrogens with zero attached hydrogens (tertiary/aromatic N) is 3. The number of ether oxygens (including phenoxy) is 1. The molecule has 2 rings (SSSR count). The van der Waals surface area contributed by atoms with Crippen LogP contribution in [0.5, 0.6) is 0 Å². The second-order valence-corrected chi connectivity index (χ2v) is 3.87. The molecule has 5 heteroatoms. The predicted molar refractivity (Wildman–Crippen MR) is 64.8 cm³/mol. The summed E-state index contributed by atoms with van der Waals surface area (Å²) in [6.45, 7) is 1.92. The first kappa shape index (κ1) is 11.8. The molecule has 1 heterocycles. The number of methoxy groups -OCH3 is 1. The molecule has 0 aliphatic heterocycles. The fourth-order valence-electron chi connectivity index (χ4n) is 1.63. The molecule has 0 spiro atoms. The normalized spacial score (nSPS) is 14.5. The van der Waals surface area contributed by atoms with Crippen molar-refractivity contribution in [2.45, 2.75) is 19.1 Å². The molecule has 0 amide bonds. The van der Waals surface area contributed by atoms with Gasteiger partial charge in [0.25, 0.3) is 0 Å². The monoisotopic (exact) mass is 232 g/mol. The van der Waals surface area contributed by atoms with Crippen LogP contribution < -0.4 is 5.73 Å². The van der Waals surface area contributed by atoms with Crippen LogP contribution in [-0.2, 0) is 4.74 Å². The largest absolute Gasteiger partial charge is 0.380 e. The Morgan fingerprint density at radius 2 is 2.00 bits per heavy atom. The van der Waals surface area contributed by atoms with Gasteiger partial charge in [0.2, 0.25) is 0 Å². The Bertz CT molecular complexity index is 468. The SMILES string of the molecule is COC(C)C(N)c1cnnn1-c1ccccc1. The summed E-state index contributed by atoms with van der Waals surface area (Å²) in [6.07, 6.45) is 1.59. The number of para-hydroxylation sites is 1. The Hall–Kier alpha value is -1.72. The Morgan fingerprint density at radius 3 is 2.65 bits per heavy atom. The summed E-state index contributed by atoms with van der Waals surface area (Å²) in [4.78, 5) is 0. The lowest BCUT2D eigenvalue weighted by atomic mass is 10.1. The second kappa shape index (κ2) is 5.07. The highest BCUT2D eigenvalue weighted by Crippen LogP contribution is 2.18. The van der Waals surface area contributed by atoms with E-state index in [-0.39, 0.29) is 12.1 Å². The highest BCUT2D eigenvalue weighted by Gasteiger charge is 2.19. The zero-order valence-corrected chi connectivity index (χ0v) is 9.95. The maximum atomic E-state index is 6.11. The van der Waals surface area contributed by atoms with Crippen molar-refractivity contribution in [3.63, 3.8) is 0 Å². The minimum atomic E-state index is -0.254. The van der Waals surface area contributed by atoms with Crippen LogP contribution in [0.4, 0.5) is 0 Å². The van der Waals surface area contributed by atoms with Gasteiger partial charge in [-0.25, -0.2) is 4.68 Å². The molecular weight excluding hydrogens is 216 g/mol. The summed E-state index contributed by atoms with van der Waals surface area (Å²) >= 11 is 0. The molecule has 0 saturated carbocycles. The molecule has 0 saturated heterocycles. The van der Waals surface area contributed by atoms with Crippen molar-refractivity contribution in [2.24, 2.45) is 5.73 Å². The van der Waals surface area contributed by atoms with Gasteiger partial charge in [-0.05, 0) is 19.1 Å². The molecule has 2 aromatic rings. The number of hydrogen-bond donors (Lipinski definition) is 1. The molecule has 0 aliphatic carbocycles. The van der Waals surface area contributed by atoms with E-state index in [4.69, 9.17) is 10.5 Å². The van der Waals surface area contributed by atoms with Crippen molar-refractivity contribution >= 4 is 0 Å². The lowest BCUT2D eigenvalue weighted by Crippen LogP contribution is -2.27. The van der Waals surface area contributed by atoms with Gasteiger partial charge in [0.1, 0.15) is 0 Å². The van der Waals surface area contributed by atoms with Crippen LogP contribution in [0.15, 0.2) is 36.5 Å². The second-order valence-electron chi connectivity index (χ2n) is 3.87. The zero-order valence-electron chi connectivity index (χ0n) is 9.95. The van der Waals surface area contributed by atoms with E-state index in [1.807, 2.05) is 37.3 Å². The quantitative estimate of drug-likeness (QED) is 0.863. The molecule has 1 aromatic carbocycles. The summed E-state index contributed by atoms with van der Waals surface area (Å²) in [5.41, 5.74) is 7.89. The molecule has 2 atom stereocenters. The molecule has 17 heavy (non-hydrogen) atoms. The lowest BCUT2D eigenvalue weighted by molar-refractivity contribution is 0.0937. The zero-order chi connectivity index (χ0) is 12.3. The smallest absolute Gasteiger partial charge is 0.0839 e. The van der Waals surface area contributed by atoms with Crippen molar-refractivity contribution in [3.05, 3.63) is 42.2 Å². The minimum Gasteiger partial charge on any atom is -0.380 e. The maximum Gasteiger partial charge on any atom is 0.0839 e. The maximum absolute atomic E-state index is 6.11. The lowest BCUT2D eigenvalue weighted by Gasteiger charge is -2.18. The molecule has 2 N–H and O–H groups in total. The first-order valence-electron chi connectivity index (χ1n) is 5.48. The molecule has 0 aliphatic rings. The third-order valence-corrected chi connectivity index (χ3v) is 2.80. The van der Waals surface area contributed by atoms with Gasteiger partial charge in [0.05, 0.1) is 29.7 Å². The van der Waals surface area contributed by atoms with Crippen molar-refractivity contribution in [2.75, 3.05) is 7.11 Å². The van der Waals surface area contributed by atoms with Crippen molar-refractivity contribution in [1.29, 1.82) is 0 Å². The third kappa shape index (κ3) is 2.35. The predicted octanol–water partition coefficient (Wildman–Crippen LogP) is 1.30. The van der Waals surface area contributed by atoms with Crippen LogP contribution in [0.25, 0.3) is 5.69 Å². The highest BCUT2D eigenvalue weighted by molar-refractivity contribution is 5.32. The fourth-order valence-corrected chi connectivity index (χ4v) is 1.63. The summed E-state index contributed by atoms with van der Waals surface area (Å²) in [6, 6.07) is 9.52. The van der Waals surface area contributed by atoms with E-state index >= 15 is 0 Å². The summed E-state index contributed by atoms with van der Waals surface area (Å²) in [5, 5.41) is 7.97. The average molecular weight is 232 g/mol. The van der Waals surface area contributed by atoms with Crippen LogP contribution in [0, 0.1) is 0 Å². The number of aromatic nitrogens is 3. The van der Waals surface area contributed by atoms with Crippen molar-refractivity contribution < 1.29 is 4.74 Å². The summed E-state index contributed by atoms with van der Waals surface area (Å²) < 4.78 is 6.97. The Morgan fingerprint density at radius 1 is 1.29 bits per heavy atom. The number of rotatable bonds is 4. The third-order valence-electron chi connectivity index (χ3n) is 2.80. The van der Waals surface area contributed by atoms with E-state index in [0.29, 0.717) is 0 Å². The first-order valence-corrected chi connectivity index (χ1v) is 5.48.